The molecule has 0 atom stereocenters. The number of benzene rings is 2. The summed E-state index contributed by atoms with van der Waals surface area (Å²) in [6.45, 7) is 0.428. The van der Waals surface area contributed by atoms with E-state index in [1.807, 2.05) is 12.1 Å². The first-order valence-corrected chi connectivity index (χ1v) is 10.1. The number of anilines is 1. The summed E-state index contributed by atoms with van der Waals surface area (Å²) < 4.78 is 13.9. The Balaban J connectivity index is 1.68. The standard InChI is InChI=1S/C21H16FN5O2S/c22-11-1-2-13-15(9-11)17-14(4-6-25-20(17)29)19-18(13)26-21(27-19)30-12-3-5-23-16(10-12)24-7-8-28/h1-6,9-10,28H,7-8H2,(H,23,24)(H,25,29)(H,26,27). The van der Waals surface area contributed by atoms with Gasteiger partial charge in [-0.1, -0.05) is 11.8 Å². The Labute approximate surface area is 173 Å². The fraction of sp³-hybridized carbons (Fsp3) is 0.0952. The van der Waals surface area contributed by atoms with Crippen LogP contribution in [0.3, 0.4) is 0 Å². The Bertz CT molecular complexity index is 1460. The van der Waals surface area contributed by atoms with Gasteiger partial charge in [-0.25, -0.2) is 14.4 Å². The SMILES string of the molecule is O=c1[nH]ccc2c3nc(Sc4ccnc(NCCO)c4)[nH]c3c3ccc(F)cc3c12. The lowest BCUT2D eigenvalue weighted by atomic mass is 10.0. The topological polar surface area (TPSA) is 107 Å². The van der Waals surface area contributed by atoms with Crippen molar-refractivity contribution in [2.75, 3.05) is 18.5 Å². The van der Waals surface area contributed by atoms with E-state index in [-0.39, 0.29) is 12.2 Å². The van der Waals surface area contributed by atoms with Crippen LogP contribution in [0.4, 0.5) is 10.2 Å². The van der Waals surface area contributed by atoms with Crippen molar-refractivity contribution in [2.24, 2.45) is 0 Å². The van der Waals surface area contributed by atoms with Crippen molar-refractivity contribution in [3.8, 4) is 0 Å². The zero-order valence-electron chi connectivity index (χ0n) is 15.6. The molecule has 9 heteroatoms. The second-order valence-corrected chi connectivity index (χ2v) is 7.74. The Kier molecular flexibility index (Phi) is 4.61. The highest BCUT2D eigenvalue weighted by atomic mass is 32.2. The number of nitrogens with zero attached hydrogens (tertiary/aromatic N) is 2. The lowest BCUT2D eigenvalue weighted by Gasteiger charge is -2.05. The summed E-state index contributed by atoms with van der Waals surface area (Å²) in [5.41, 5.74) is 1.12. The third-order valence-corrected chi connectivity index (χ3v) is 5.66. The van der Waals surface area contributed by atoms with Gasteiger partial charge in [0.05, 0.1) is 23.0 Å². The molecule has 4 N–H and O–H groups in total. The number of pyridine rings is 2. The molecule has 0 unspecified atom stereocenters. The highest BCUT2D eigenvalue weighted by Crippen LogP contribution is 2.35. The maximum Gasteiger partial charge on any atom is 0.256 e. The van der Waals surface area contributed by atoms with Crippen molar-refractivity contribution in [1.29, 1.82) is 0 Å². The van der Waals surface area contributed by atoms with Crippen LogP contribution < -0.4 is 10.9 Å². The molecule has 5 rings (SSSR count). The summed E-state index contributed by atoms with van der Waals surface area (Å²) in [5.74, 6) is 0.253. The summed E-state index contributed by atoms with van der Waals surface area (Å²) >= 11 is 1.42. The molecular formula is C21H16FN5O2S. The number of halogens is 1. The van der Waals surface area contributed by atoms with Gasteiger partial charge in [0.2, 0.25) is 0 Å². The molecule has 0 fully saturated rings. The van der Waals surface area contributed by atoms with E-state index in [2.05, 4.69) is 20.3 Å². The molecule has 0 aliphatic carbocycles. The number of aliphatic hydroxyl groups excluding tert-OH is 1. The molecule has 0 radical (unpaired) electrons. The zero-order chi connectivity index (χ0) is 20.7. The van der Waals surface area contributed by atoms with E-state index in [9.17, 15) is 9.18 Å². The van der Waals surface area contributed by atoms with E-state index in [0.717, 1.165) is 15.8 Å². The van der Waals surface area contributed by atoms with Gasteiger partial charge in [-0.2, -0.15) is 0 Å². The van der Waals surface area contributed by atoms with E-state index in [1.54, 1.807) is 24.5 Å². The molecule has 7 nitrogen and oxygen atoms in total. The maximum absolute atomic E-state index is 13.9. The van der Waals surface area contributed by atoms with Crippen LogP contribution in [0.15, 0.2) is 63.6 Å². The van der Waals surface area contributed by atoms with E-state index >= 15 is 0 Å². The Morgan fingerprint density at radius 2 is 2.03 bits per heavy atom. The van der Waals surface area contributed by atoms with Crippen LogP contribution in [0.1, 0.15) is 0 Å². The molecule has 3 aromatic heterocycles. The number of nitrogens with one attached hydrogen (secondary N) is 3. The lowest BCUT2D eigenvalue weighted by Crippen LogP contribution is -2.06. The molecule has 0 saturated heterocycles. The summed E-state index contributed by atoms with van der Waals surface area (Å²) in [6, 6.07) is 9.92. The molecule has 0 aliphatic heterocycles. The van der Waals surface area contributed by atoms with Crippen LogP contribution in [0.25, 0.3) is 32.6 Å². The molecule has 5 aromatic rings. The monoisotopic (exact) mass is 421 g/mol. The third-order valence-electron chi connectivity index (χ3n) is 4.78. The average Bonchev–Trinajstić information content (AvgIpc) is 3.16. The van der Waals surface area contributed by atoms with Crippen molar-refractivity contribution in [2.45, 2.75) is 10.1 Å². The van der Waals surface area contributed by atoms with E-state index in [1.165, 1.54) is 23.9 Å². The number of imidazole rings is 1. The van der Waals surface area contributed by atoms with Gasteiger partial charge in [-0.05, 0) is 36.4 Å². The number of aromatic amines is 2. The van der Waals surface area contributed by atoms with Gasteiger partial charge in [0.1, 0.15) is 11.6 Å². The average molecular weight is 421 g/mol. The first-order valence-electron chi connectivity index (χ1n) is 9.25. The van der Waals surface area contributed by atoms with Crippen molar-refractivity contribution >= 4 is 50.2 Å². The zero-order valence-corrected chi connectivity index (χ0v) is 16.4. The number of H-pyrrole nitrogens is 2. The summed E-state index contributed by atoms with van der Waals surface area (Å²) in [6.07, 6.45) is 3.25. The van der Waals surface area contributed by atoms with E-state index in [4.69, 9.17) is 10.1 Å². The van der Waals surface area contributed by atoms with Gasteiger partial charge in [-0.15, -0.1) is 0 Å². The van der Waals surface area contributed by atoms with Gasteiger partial charge in [0.15, 0.2) is 5.16 Å². The van der Waals surface area contributed by atoms with Gasteiger partial charge in [0, 0.05) is 40.0 Å². The predicted octanol–water partition coefficient (Wildman–Crippen LogP) is 3.65. The van der Waals surface area contributed by atoms with Gasteiger partial charge >= 0.3 is 0 Å². The fourth-order valence-electron chi connectivity index (χ4n) is 3.54. The van der Waals surface area contributed by atoms with Gasteiger partial charge in [0.25, 0.3) is 5.56 Å². The number of hydrogen-bond acceptors (Lipinski definition) is 6. The van der Waals surface area contributed by atoms with Crippen LogP contribution in [-0.4, -0.2) is 38.2 Å². The molecule has 0 saturated carbocycles. The molecule has 0 aliphatic rings. The van der Waals surface area contributed by atoms with Crippen LogP contribution in [0.2, 0.25) is 0 Å². The molecular weight excluding hydrogens is 405 g/mol. The van der Waals surface area contributed by atoms with Crippen molar-refractivity contribution < 1.29 is 9.50 Å². The maximum atomic E-state index is 13.9. The Morgan fingerprint density at radius 1 is 1.13 bits per heavy atom. The second-order valence-electron chi connectivity index (χ2n) is 6.68. The minimum atomic E-state index is -0.403. The number of fused-ring (bicyclic) bond motifs is 6. The molecule has 150 valence electrons. The summed E-state index contributed by atoms with van der Waals surface area (Å²) in [7, 11) is 0. The minimum absolute atomic E-state index is 0.0164. The highest BCUT2D eigenvalue weighted by Gasteiger charge is 2.16. The Morgan fingerprint density at radius 3 is 2.90 bits per heavy atom. The van der Waals surface area contributed by atoms with E-state index in [0.29, 0.717) is 39.2 Å². The lowest BCUT2D eigenvalue weighted by molar-refractivity contribution is 0.311. The smallest absolute Gasteiger partial charge is 0.256 e. The Hall–Kier alpha value is -3.43. The molecule has 0 amide bonds. The van der Waals surface area contributed by atoms with Crippen LogP contribution in [0, 0.1) is 5.82 Å². The largest absolute Gasteiger partial charge is 0.395 e. The molecule has 2 aromatic carbocycles. The van der Waals surface area contributed by atoms with Crippen molar-refractivity contribution in [3.05, 3.63) is 65.0 Å². The van der Waals surface area contributed by atoms with Gasteiger partial charge < -0.3 is 20.4 Å². The van der Waals surface area contributed by atoms with Gasteiger partial charge in [-0.3, -0.25) is 4.79 Å². The predicted molar refractivity (Wildman–Crippen MR) is 116 cm³/mol. The summed E-state index contributed by atoms with van der Waals surface area (Å²) in [4.78, 5) is 28.3. The number of hydrogen-bond donors (Lipinski definition) is 4. The second kappa shape index (κ2) is 7.43. The summed E-state index contributed by atoms with van der Waals surface area (Å²) in [5, 5.41) is 15.0. The number of rotatable bonds is 5. The van der Waals surface area contributed by atoms with Crippen LogP contribution in [0.5, 0.6) is 0 Å². The van der Waals surface area contributed by atoms with E-state index < -0.39 is 5.82 Å². The number of aliphatic hydroxyl groups is 1. The van der Waals surface area contributed by atoms with Crippen molar-refractivity contribution in [1.82, 2.24) is 19.9 Å². The first kappa shape index (κ1) is 18.6. The molecule has 0 bridgehead atoms. The number of aromatic nitrogens is 4. The third kappa shape index (κ3) is 3.17. The molecule has 3 heterocycles. The highest BCUT2D eigenvalue weighted by molar-refractivity contribution is 7.99. The fourth-order valence-corrected chi connectivity index (χ4v) is 4.35. The van der Waals surface area contributed by atoms with Crippen LogP contribution >= 0.6 is 11.8 Å². The molecule has 30 heavy (non-hydrogen) atoms. The normalized spacial score (nSPS) is 11.5. The van der Waals surface area contributed by atoms with Crippen molar-refractivity contribution in [3.63, 3.8) is 0 Å². The van der Waals surface area contributed by atoms with Crippen LogP contribution in [-0.2, 0) is 0 Å². The minimum Gasteiger partial charge on any atom is -0.395 e. The molecule has 0 spiro atoms. The quantitative estimate of drug-likeness (QED) is 0.323. The first-order chi connectivity index (χ1) is 14.6.